The molecule has 1 rings (SSSR count). The maximum absolute atomic E-state index is 11.4. The normalized spacial score (nSPS) is 26.4. The molecule has 0 aromatic rings. The second-order valence-corrected chi connectivity index (χ2v) is 6.50. The molecule has 4 nitrogen and oxygen atoms in total. The molecule has 118 valence electrons. The Bertz CT molecular complexity index is 303. The molecule has 0 aliphatic heterocycles. The zero-order valence-electron chi connectivity index (χ0n) is 13.6. The molecule has 0 aromatic carbocycles. The molecular formula is C16H32N2O2. The number of hydrogen-bond donors (Lipinski definition) is 2. The van der Waals surface area contributed by atoms with E-state index in [1.165, 1.54) is 25.7 Å². The highest BCUT2D eigenvalue weighted by Gasteiger charge is 2.34. The van der Waals surface area contributed by atoms with Gasteiger partial charge in [0.05, 0.1) is 0 Å². The van der Waals surface area contributed by atoms with Crippen LogP contribution < -0.4 is 5.32 Å². The van der Waals surface area contributed by atoms with Crippen molar-refractivity contribution in [1.82, 2.24) is 10.2 Å². The summed E-state index contributed by atoms with van der Waals surface area (Å²) < 4.78 is 0. The van der Waals surface area contributed by atoms with E-state index in [-0.39, 0.29) is 0 Å². The molecule has 1 aliphatic carbocycles. The number of carboxylic acid groups (broad SMARTS) is 1. The summed E-state index contributed by atoms with van der Waals surface area (Å²) in [4.78, 5) is 13.9. The average molecular weight is 284 g/mol. The Kier molecular flexibility index (Phi) is 6.96. The van der Waals surface area contributed by atoms with Crippen molar-refractivity contribution in [3.8, 4) is 0 Å². The second-order valence-electron chi connectivity index (χ2n) is 6.50. The Labute approximate surface area is 123 Å². The van der Waals surface area contributed by atoms with Crippen LogP contribution in [0.15, 0.2) is 0 Å². The fourth-order valence-corrected chi connectivity index (χ4v) is 3.46. The standard InChI is InChI=1S/C16H32N2O2/c1-5-16(17-3,15(19)20)10-7-11-18(4)14-9-6-8-13(2)12-14/h13-14,17H,5-12H2,1-4H3,(H,19,20). The van der Waals surface area contributed by atoms with Crippen molar-refractivity contribution in [3.05, 3.63) is 0 Å². The number of carboxylic acids is 1. The minimum atomic E-state index is -0.749. The number of rotatable bonds is 8. The molecule has 1 fully saturated rings. The van der Waals surface area contributed by atoms with Crippen molar-refractivity contribution >= 4 is 5.97 Å². The number of hydrogen-bond acceptors (Lipinski definition) is 3. The molecule has 3 unspecified atom stereocenters. The quantitative estimate of drug-likeness (QED) is 0.719. The van der Waals surface area contributed by atoms with E-state index in [0.717, 1.165) is 18.9 Å². The minimum Gasteiger partial charge on any atom is -0.480 e. The fourth-order valence-electron chi connectivity index (χ4n) is 3.46. The Morgan fingerprint density at radius 3 is 2.65 bits per heavy atom. The van der Waals surface area contributed by atoms with Gasteiger partial charge in [0.25, 0.3) is 0 Å². The number of nitrogens with one attached hydrogen (secondary N) is 1. The molecule has 0 saturated heterocycles. The van der Waals surface area contributed by atoms with Gasteiger partial charge in [-0.15, -0.1) is 0 Å². The van der Waals surface area contributed by atoms with Crippen LogP contribution in [-0.4, -0.2) is 48.2 Å². The van der Waals surface area contributed by atoms with Gasteiger partial charge in [-0.1, -0.05) is 26.7 Å². The van der Waals surface area contributed by atoms with Crippen LogP contribution in [0.3, 0.4) is 0 Å². The molecule has 1 aliphatic rings. The summed E-state index contributed by atoms with van der Waals surface area (Å²) in [7, 11) is 3.95. The molecule has 0 aromatic heterocycles. The molecule has 0 bridgehead atoms. The SMILES string of the molecule is CCC(CCCN(C)C1CCCC(C)C1)(NC)C(=O)O. The first kappa shape index (κ1) is 17.4. The number of likely N-dealkylation sites (N-methyl/N-ethyl adjacent to an activating group) is 1. The van der Waals surface area contributed by atoms with Crippen molar-refractivity contribution in [3.63, 3.8) is 0 Å². The molecule has 0 amide bonds. The van der Waals surface area contributed by atoms with Crippen LogP contribution in [-0.2, 0) is 4.79 Å². The van der Waals surface area contributed by atoms with Gasteiger partial charge >= 0.3 is 5.97 Å². The smallest absolute Gasteiger partial charge is 0.323 e. The number of nitrogens with zero attached hydrogens (tertiary/aromatic N) is 1. The summed E-state index contributed by atoms with van der Waals surface area (Å²) in [6.45, 7) is 5.28. The third kappa shape index (κ3) is 4.45. The Hall–Kier alpha value is -0.610. The third-order valence-electron chi connectivity index (χ3n) is 5.14. The first-order chi connectivity index (χ1) is 9.45. The Balaban J connectivity index is 2.40. The van der Waals surface area contributed by atoms with Gasteiger partial charge < -0.3 is 15.3 Å². The predicted molar refractivity (Wildman–Crippen MR) is 83.0 cm³/mol. The van der Waals surface area contributed by atoms with E-state index in [2.05, 4.69) is 24.2 Å². The minimum absolute atomic E-state index is 0.628. The highest BCUT2D eigenvalue weighted by molar-refractivity contribution is 5.78. The maximum atomic E-state index is 11.4. The lowest BCUT2D eigenvalue weighted by atomic mass is 9.86. The Morgan fingerprint density at radius 1 is 1.45 bits per heavy atom. The average Bonchev–Trinajstić information content (AvgIpc) is 2.43. The molecule has 0 spiro atoms. The van der Waals surface area contributed by atoms with E-state index in [9.17, 15) is 9.90 Å². The molecule has 2 N–H and O–H groups in total. The first-order valence-corrected chi connectivity index (χ1v) is 8.07. The van der Waals surface area contributed by atoms with Gasteiger partial charge in [0.15, 0.2) is 0 Å². The summed E-state index contributed by atoms with van der Waals surface area (Å²) in [5.74, 6) is 0.110. The molecule has 3 atom stereocenters. The van der Waals surface area contributed by atoms with Crippen molar-refractivity contribution in [2.45, 2.75) is 70.4 Å². The molecule has 0 heterocycles. The van der Waals surface area contributed by atoms with Gasteiger partial charge in [0.2, 0.25) is 0 Å². The largest absolute Gasteiger partial charge is 0.480 e. The molecule has 4 heteroatoms. The summed E-state index contributed by atoms with van der Waals surface area (Å²) >= 11 is 0. The lowest BCUT2D eigenvalue weighted by Gasteiger charge is -2.35. The van der Waals surface area contributed by atoms with Crippen molar-refractivity contribution in [2.24, 2.45) is 5.92 Å². The van der Waals surface area contributed by atoms with Gasteiger partial charge in [0, 0.05) is 6.04 Å². The number of aliphatic carboxylic acids is 1. The van der Waals surface area contributed by atoms with Crippen LogP contribution in [0.5, 0.6) is 0 Å². The van der Waals surface area contributed by atoms with Gasteiger partial charge in [-0.05, 0) is 58.7 Å². The van der Waals surface area contributed by atoms with Gasteiger partial charge in [-0.25, -0.2) is 0 Å². The summed E-state index contributed by atoms with van der Waals surface area (Å²) in [5.41, 5.74) is -0.749. The highest BCUT2D eigenvalue weighted by atomic mass is 16.4. The molecular weight excluding hydrogens is 252 g/mol. The summed E-state index contributed by atoms with van der Waals surface area (Å²) in [6, 6.07) is 0.689. The van der Waals surface area contributed by atoms with Crippen LogP contribution in [0.25, 0.3) is 0 Å². The molecule has 1 saturated carbocycles. The van der Waals surface area contributed by atoms with Crippen LogP contribution in [0.4, 0.5) is 0 Å². The van der Waals surface area contributed by atoms with Crippen molar-refractivity contribution in [2.75, 3.05) is 20.6 Å². The predicted octanol–water partition coefficient (Wildman–Crippen LogP) is 2.73. The zero-order chi connectivity index (χ0) is 15.2. The van der Waals surface area contributed by atoms with E-state index >= 15 is 0 Å². The van der Waals surface area contributed by atoms with Crippen LogP contribution in [0, 0.1) is 5.92 Å². The highest BCUT2D eigenvalue weighted by Crippen LogP contribution is 2.27. The third-order valence-corrected chi connectivity index (χ3v) is 5.14. The molecule has 0 radical (unpaired) electrons. The lowest BCUT2D eigenvalue weighted by Crippen LogP contribution is -2.50. The van der Waals surface area contributed by atoms with E-state index in [1.807, 2.05) is 6.92 Å². The van der Waals surface area contributed by atoms with Crippen molar-refractivity contribution < 1.29 is 9.90 Å². The fraction of sp³-hybridized carbons (Fsp3) is 0.938. The van der Waals surface area contributed by atoms with E-state index in [0.29, 0.717) is 18.9 Å². The van der Waals surface area contributed by atoms with Crippen LogP contribution in [0.1, 0.15) is 58.8 Å². The van der Waals surface area contributed by atoms with Crippen LogP contribution >= 0.6 is 0 Å². The lowest BCUT2D eigenvalue weighted by molar-refractivity contribution is -0.145. The van der Waals surface area contributed by atoms with Gasteiger partial charge in [-0.2, -0.15) is 0 Å². The Morgan fingerprint density at radius 2 is 2.15 bits per heavy atom. The van der Waals surface area contributed by atoms with E-state index < -0.39 is 11.5 Å². The second kappa shape index (κ2) is 7.99. The van der Waals surface area contributed by atoms with E-state index in [1.54, 1.807) is 7.05 Å². The van der Waals surface area contributed by atoms with Crippen LogP contribution in [0.2, 0.25) is 0 Å². The van der Waals surface area contributed by atoms with Gasteiger partial charge in [0.1, 0.15) is 5.54 Å². The topological polar surface area (TPSA) is 52.6 Å². The number of carbonyl (C=O) groups is 1. The molecule has 20 heavy (non-hydrogen) atoms. The van der Waals surface area contributed by atoms with E-state index in [4.69, 9.17) is 0 Å². The first-order valence-electron chi connectivity index (χ1n) is 8.07. The van der Waals surface area contributed by atoms with Gasteiger partial charge in [-0.3, -0.25) is 4.79 Å². The maximum Gasteiger partial charge on any atom is 0.323 e. The van der Waals surface area contributed by atoms with Crippen molar-refractivity contribution in [1.29, 1.82) is 0 Å². The monoisotopic (exact) mass is 284 g/mol. The summed E-state index contributed by atoms with van der Waals surface area (Å²) in [6.07, 6.45) is 7.54. The summed E-state index contributed by atoms with van der Waals surface area (Å²) in [5, 5.41) is 12.4. The zero-order valence-corrected chi connectivity index (χ0v) is 13.6.